The Morgan fingerprint density at radius 3 is 2.58 bits per heavy atom. The Labute approximate surface area is 308 Å². The van der Waals surface area contributed by atoms with Crippen molar-refractivity contribution in [1.82, 2.24) is 29.9 Å². The molecule has 2 aliphatic heterocycles. The fraction of sp³-hybridized carbons (Fsp3) is 0.333. The number of hydrogen-bond donors (Lipinski definition) is 1. The van der Waals surface area contributed by atoms with Gasteiger partial charge in [-0.1, -0.05) is 18.7 Å². The summed E-state index contributed by atoms with van der Waals surface area (Å²) in [4.78, 5) is 34.2. The summed E-state index contributed by atoms with van der Waals surface area (Å²) in [5.41, 5.74) is 4.22. The number of nitrogens with zero attached hydrogens (tertiary/aromatic N) is 5. The Hall–Kier alpha value is -5.05. The van der Waals surface area contributed by atoms with Crippen molar-refractivity contribution in [3.05, 3.63) is 88.7 Å². The number of halogens is 3. The van der Waals surface area contributed by atoms with Crippen LogP contribution >= 0.6 is 11.3 Å². The first-order valence-electron chi connectivity index (χ1n) is 17.2. The highest BCUT2D eigenvalue weighted by Crippen LogP contribution is 2.48. The maximum atomic E-state index is 16.3. The molecule has 2 aliphatic rings. The lowest BCUT2D eigenvalue weighted by Crippen LogP contribution is -2.47. The van der Waals surface area contributed by atoms with Gasteiger partial charge in [0.15, 0.2) is 0 Å². The summed E-state index contributed by atoms with van der Waals surface area (Å²) in [5, 5.41) is 9.12. The van der Waals surface area contributed by atoms with Crippen LogP contribution in [0.4, 0.5) is 13.2 Å². The average Bonchev–Trinajstić information content (AvgIpc) is 3.77. The van der Waals surface area contributed by atoms with Crippen LogP contribution in [0.1, 0.15) is 42.8 Å². The molecule has 3 unspecified atom stereocenters. The molecule has 1 N–H and O–H groups in total. The quantitative estimate of drug-likeness (QED) is 0.133. The Morgan fingerprint density at radius 2 is 1.85 bits per heavy atom. The predicted octanol–water partition coefficient (Wildman–Crippen LogP) is 6.69. The van der Waals surface area contributed by atoms with Gasteiger partial charge in [0.05, 0.1) is 46.4 Å². The van der Waals surface area contributed by atoms with E-state index in [2.05, 4.69) is 11.9 Å². The molecule has 3 atom stereocenters. The highest BCUT2D eigenvalue weighted by atomic mass is 32.1. The number of fused-ring (bicyclic) bond motifs is 3. The molecule has 0 saturated carbocycles. The number of pyridine rings is 1. The van der Waals surface area contributed by atoms with E-state index in [0.717, 1.165) is 34.6 Å². The molecule has 14 heteroatoms. The third kappa shape index (κ3) is 6.38. The molecule has 0 fully saturated rings. The molecule has 2 aromatic carbocycles. The van der Waals surface area contributed by atoms with Gasteiger partial charge in [0.1, 0.15) is 41.2 Å². The number of amides is 2. The largest absolute Gasteiger partial charge is 0.490 e. The number of methoxy groups -OCH3 is 1. The second-order valence-corrected chi connectivity index (χ2v) is 14.3. The molecule has 3 aromatic heterocycles. The summed E-state index contributed by atoms with van der Waals surface area (Å²) >= 11 is 1.13. The molecule has 7 rings (SSSR count). The van der Waals surface area contributed by atoms with Gasteiger partial charge in [-0.15, -0.1) is 11.3 Å². The van der Waals surface area contributed by atoms with Crippen LogP contribution in [0.3, 0.4) is 0 Å². The zero-order valence-electron chi connectivity index (χ0n) is 30.0. The van der Waals surface area contributed by atoms with Crippen molar-refractivity contribution in [3.63, 3.8) is 0 Å². The van der Waals surface area contributed by atoms with Crippen molar-refractivity contribution in [3.8, 4) is 39.5 Å². The average molecular weight is 745 g/mol. The fourth-order valence-corrected chi connectivity index (χ4v) is 8.37. The number of rotatable bonds is 9. The number of carbonyl (C=O) groups excluding carboxylic acids is 2. The second-order valence-electron chi connectivity index (χ2n) is 13.4. The summed E-state index contributed by atoms with van der Waals surface area (Å²) in [7, 11) is 4.99. The first kappa shape index (κ1) is 36.3. The van der Waals surface area contributed by atoms with Gasteiger partial charge < -0.3 is 19.7 Å². The number of thiophene rings is 1. The van der Waals surface area contributed by atoms with Crippen molar-refractivity contribution < 1.29 is 32.2 Å². The van der Waals surface area contributed by atoms with Gasteiger partial charge in [0.2, 0.25) is 11.8 Å². The molecule has 5 heterocycles. The third-order valence-electron chi connectivity index (χ3n) is 10.1. The van der Waals surface area contributed by atoms with Gasteiger partial charge in [0.25, 0.3) is 0 Å². The van der Waals surface area contributed by atoms with E-state index in [1.165, 1.54) is 18.6 Å². The number of likely N-dealkylation sites (N-methyl/N-ethyl adjacent to an activating group) is 2. The summed E-state index contributed by atoms with van der Waals surface area (Å²) in [5.74, 6) is -2.88. The molecule has 0 aliphatic carbocycles. The molecular formula is C39H39F3N6O4S. The number of carbonyl (C=O) groups is 2. The van der Waals surface area contributed by atoms with Gasteiger partial charge in [-0.2, -0.15) is 5.10 Å². The van der Waals surface area contributed by atoms with Crippen LogP contribution < -0.4 is 10.1 Å². The van der Waals surface area contributed by atoms with Crippen LogP contribution in [-0.4, -0.2) is 83.4 Å². The first-order valence-corrected chi connectivity index (χ1v) is 18.1. The van der Waals surface area contributed by atoms with Crippen LogP contribution in [0, 0.1) is 17.5 Å². The molecule has 0 saturated heterocycles. The molecule has 276 valence electrons. The van der Waals surface area contributed by atoms with E-state index in [-0.39, 0.29) is 65.1 Å². The van der Waals surface area contributed by atoms with Crippen molar-refractivity contribution in [1.29, 1.82) is 0 Å². The van der Waals surface area contributed by atoms with Gasteiger partial charge in [-0.25, -0.2) is 18.2 Å². The summed E-state index contributed by atoms with van der Waals surface area (Å²) in [6.45, 7) is 8.46. The summed E-state index contributed by atoms with van der Waals surface area (Å²) < 4.78 is 60.6. The Balaban J connectivity index is 1.49. The Kier molecular flexibility index (Phi) is 9.87. The van der Waals surface area contributed by atoms with Crippen LogP contribution in [-0.2, 0) is 27.3 Å². The minimum atomic E-state index is -0.962. The van der Waals surface area contributed by atoms with E-state index in [1.54, 1.807) is 22.7 Å². The maximum absolute atomic E-state index is 16.3. The van der Waals surface area contributed by atoms with Crippen LogP contribution in [0.15, 0.2) is 54.4 Å². The maximum Gasteiger partial charge on any atom is 0.246 e. The standard InChI is InChI=1S/C39H39F3N6O4S/c1-7-32(49)47-17-20(2)48-29(21(47)3)16-28(45-48)37-35(33-26(41)14-25(40)15-31(33)52-11-10-51-6)34-27(42)19-53-38(34)36(44-37)23-9-8-22-13-30(39(50)43-4)46(5)18-24(22)12-23/h7-9,12,14-16,19-21,30H,1,10-11,13,17-18H2,2-6H3,(H,43,50). The summed E-state index contributed by atoms with van der Waals surface area (Å²) in [6, 6.07) is 8.48. The summed E-state index contributed by atoms with van der Waals surface area (Å²) in [6.07, 6.45) is 1.79. The lowest BCUT2D eigenvalue weighted by atomic mass is 9.90. The van der Waals surface area contributed by atoms with Crippen molar-refractivity contribution in [2.45, 2.75) is 44.9 Å². The second kappa shape index (κ2) is 14.4. The van der Waals surface area contributed by atoms with E-state index in [4.69, 9.17) is 19.6 Å². The third-order valence-corrected chi connectivity index (χ3v) is 11.1. The Morgan fingerprint density at radius 1 is 1.06 bits per heavy atom. The molecule has 2 amide bonds. The normalized spacial score (nSPS) is 18.5. The van der Waals surface area contributed by atoms with E-state index < -0.39 is 23.5 Å². The highest BCUT2D eigenvalue weighted by Gasteiger charge is 2.35. The molecule has 10 nitrogen and oxygen atoms in total. The predicted molar refractivity (Wildman–Crippen MR) is 197 cm³/mol. The molecule has 5 aromatic rings. The van der Waals surface area contributed by atoms with E-state index in [0.29, 0.717) is 46.9 Å². The SMILES string of the molecule is C=CC(=O)N1CC(C)n2nc(-c3nc(-c4ccc5c(c4)CN(C)C(C(=O)NC)C5)c4scc(F)c4c3-c3c(F)cc(F)cc3OCCOC)cc2C1C. The van der Waals surface area contributed by atoms with E-state index in [9.17, 15) is 14.0 Å². The fourth-order valence-electron chi connectivity index (χ4n) is 7.44. The monoisotopic (exact) mass is 744 g/mol. The number of hydrogen-bond acceptors (Lipinski definition) is 8. The van der Waals surface area contributed by atoms with Crippen molar-refractivity contribution in [2.75, 3.05) is 41.0 Å². The molecule has 0 radical (unpaired) electrons. The number of ether oxygens (including phenoxy) is 2. The Bertz CT molecular complexity index is 2270. The number of aromatic nitrogens is 3. The molecule has 53 heavy (non-hydrogen) atoms. The minimum absolute atomic E-state index is 0.0200. The smallest absolute Gasteiger partial charge is 0.246 e. The first-order chi connectivity index (χ1) is 25.4. The van der Waals surface area contributed by atoms with Gasteiger partial charge >= 0.3 is 0 Å². The number of benzene rings is 2. The zero-order valence-corrected chi connectivity index (χ0v) is 30.8. The van der Waals surface area contributed by atoms with Crippen LogP contribution in [0.25, 0.3) is 43.9 Å². The molecule has 0 spiro atoms. The topological polar surface area (TPSA) is 102 Å². The molecular weight excluding hydrogens is 706 g/mol. The highest BCUT2D eigenvalue weighted by molar-refractivity contribution is 7.17. The van der Waals surface area contributed by atoms with Crippen LogP contribution in [0.2, 0.25) is 0 Å². The molecule has 0 bridgehead atoms. The van der Waals surface area contributed by atoms with Crippen molar-refractivity contribution >= 4 is 33.2 Å². The van der Waals surface area contributed by atoms with Gasteiger partial charge in [-0.3, -0.25) is 19.2 Å². The van der Waals surface area contributed by atoms with E-state index in [1.807, 2.05) is 44.0 Å². The van der Waals surface area contributed by atoms with Crippen molar-refractivity contribution in [2.24, 2.45) is 0 Å². The number of nitrogens with one attached hydrogen (secondary N) is 1. The van der Waals surface area contributed by atoms with Gasteiger partial charge in [-0.05, 0) is 56.7 Å². The van der Waals surface area contributed by atoms with Gasteiger partial charge in [0, 0.05) is 61.3 Å². The van der Waals surface area contributed by atoms with Crippen LogP contribution in [0.5, 0.6) is 5.75 Å². The minimum Gasteiger partial charge on any atom is -0.490 e. The van der Waals surface area contributed by atoms with E-state index >= 15 is 8.78 Å². The zero-order chi connectivity index (χ0) is 37.7. The lowest BCUT2D eigenvalue weighted by Gasteiger charge is -2.36. The lowest BCUT2D eigenvalue weighted by molar-refractivity contribution is -0.129.